The van der Waals surface area contributed by atoms with Crippen LogP contribution in [0.3, 0.4) is 0 Å². The molecule has 0 aliphatic rings. The molecule has 2 aromatic heterocycles. The van der Waals surface area contributed by atoms with Crippen molar-refractivity contribution in [1.29, 1.82) is 0 Å². The number of rotatable bonds is 4. The third-order valence-corrected chi connectivity index (χ3v) is 4.17. The zero-order valence-corrected chi connectivity index (χ0v) is 13.9. The zero-order chi connectivity index (χ0) is 17.2. The number of anilines is 1. The lowest BCUT2D eigenvalue weighted by molar-refractivity contribution is 0.485. The van der Waals surface area contributed by atoms with Crippen LogP contribution in [-0.4, -0.2) is 25.0 Å². The molecule has 4 aromatic rings. The number of nitrogens with two attached hydrogens (primary N) is 1. The second kappa shape index (κ2) is 6.32. The monoisotopic (exact) mass is 330 g/mol. The molecule has 0 fully saturated rings. The van der Waals surface area contributed by atoms with Crippen LogP contribution in [0.2, 0.25) is 0 Å². The second-order valence-corrected chi connectivity index (χ2v) is 6.04. The Morgan fingerprint density at radius 1 is 0.960 bits per heavy atom. The molecule has 0 amide bonds. The lowest BCUT2D eigenvalue weighted by Crippen LogP contribution is -2.11. The Hall–Kier alpha value is -3.28. The lowest BCUT2D eigenvalue weighted by Gasteiger charge is -2.12. The van der Waals surface area contributed by atoms with Crippen LogP contribution in [-0.2, 0) is 6.42 Å². The first-order valence-corrected chi connectivity index (χ1v) is 8.20. The van der Waals surface area contributed by atoms with Gasteiger partial charge in [0.2, 0.25) is 0 Å². The topological polar surface area (TPSA) is 82.5 Å². The minimum atomic E-state index is 0.102. The fourth-order valence-electron chi connectivity index (χ4n) is 2.91. The number of nitrogen functional groups attached to an aromatic ring is 1. The third-order valence-electron chi connectivity index (χ3n) is 4.17. The molecule has 0 spiro atoms. The molecule has 4 rings (SSSR count). The summed E-state index contributed by atoms with van der Waals surface area (Å²) in [6, 6.07) is 20.2. The van der Waals surface area contributed by atoms with Crippen molar-refractivity contribution in [3.8, 4) is 11.4 Å². The molecule has 0 aliphatic heterocycles. The summed E-state index contributed by atoms with van der Waals surface area (Å²) in [5, 5.41) is 8.45. The Morgan fingerprint density at radius 2 is 1.64 bits per heavy atom. The normalized spacial score (nSPS) is 12.4. The van der Waals surface area contributed by atoms with Crippen molar-refractivity contribution >= 4 is 17.0 Å². The van der Waals surface area contributed by atoms with Crippen molar-refractivity contribution < 1.29 is 0 Å². The van der Waals surface area contributed by atoms with Crippen molar-refractivity contribution in [3.63, 3.8) is 0 Å². The Kier molecular flexibility index (Phi) is 3.85. The SMILES string of the molecule is CC(Cc1ccccc1)n1nnc2c(N)nc(-c3ccccc3)nc21. The van der Waals surface area contributed by atoms with E-state index >= 15 is 0 Å². The van der Waals surface area contributed by atoms with E-state index in [0.29, 0.717) is 22.8 Å². The maximum absolute atomic E-state index is 6.09. The van der Waals surface area contributed by atoms with Gasteiger partial charge in [-0.2, -0.15) is 0 Å². The van der Waals surface area contributed by atoms with Gasteiger partial charge in [0.25, 0.3) is 0 Å². The number of aromatic nitrogens is 5. The first-order valence-electron chi connectivity index (χ1n) is 8.20. The summed E-state index contributed by atoms with van der Waals surface area (Å²) in [6.07, 6.45) is 0.837. The molecule has 2 N–H and O–H groups in total. The Bertz CT molecular complexity index is 995. The maximum Gasteiger partial charge on any atom is 0.184 e. The first kappa shape index (κ1) is 15.3. The number of hydrogen-bond donors (Lipinski definition) is 1. The average Bonchev–Trinajstić information content (AvgIpc) is 3.08. The largest absolute Gasteiger partial charge is 0.382 e. The Balaban J connectivity index is 1.76. The number of benzene rings is 2. The van der Waals surface area contributed by atoms with Crippen molar-refractivity contribution in [2.75, 3.05) is 5.73 Å². The minimum absolute atomic E-state index is 0.102. The molecule has 0 saturated heterocycles. The quantitative estimate of drug-likeness (QED) is 0.621. The number of nitrogens with zero attached hydrogens (tertiary/aromatic N) is 5. The van der Waals surface area contributed by atoms with Crippen molar-refractivity contribution in [2.24, 2.45) is 0 Å². The van der Waals surface area contributed by atoms with Crippen LogP contribution >= 0.6 is 0 Å². The van der Waals surface area contributed by atoms with E-state index in [1.165, 1.54) is 5.56 Å². The summed E-state index contributed by atoms with van der Waals surface area (Å²) >= 11 is 0. The molecule has 0 saturated carbocycles. The van der Waals surface area contributed by atoms with E-state index < -0.39 is 0 Å². The highest BCUT2D eigenvalue weighted by molar-refractivity contribution is 5.83. The minimum Gasteiger partial charge on any atom is -0.382 e. The van der Waals surface area contributed by atoms with Crippen molar-refractivity contribution in [2.45, 2.75) is 19.4 Å². The van der Waals surface area contributed by atoms with Crippen molar-refractivity contribution in [1.82, 2.24) is 25.0 Å². The van der Waals surface area contributed by atoms with Crippen LogP contribution in [0.15, 0.2) is 60.7 Å². The standard InChI is InChI=1S/C19H18N6/c1-13(12-14-8-4-2-5-9-14)25-19-16(23-24-25)17(20)21-18(22-19)15-10-6-3-7-11-15/h2-11,13H,12H2,1H3,(H2,20,21,22). The fraction of sp³-hybridized carbons (Fsp3) is 0.158. The smallest absolute Gasteiger partial charge is 0.184 e. The molecular weight excluding hydrogens is 312 g/mol. The predicted molar refractivity (Wildman–Crippen MR) is 97.8 cm³/mol. The van der Waals surface area contributed by atoms with Crippen LogP contribution in [0.4, 0.5) is 5.82 Å². The van der Waals surface area contributed by atoms with E-state index in [4.69, 9.17) is 5.73 Å². The van der Waals surface area contributed by atoms with E-state index in [9.17, 15) is 0 Å². The molecule has 1 atom stereocenters. The summed E-state index contributed by atoms with van der Waals surface area (Å²) in [7, 11) is 0. The molecular formula is C19H18N6. The molecule has 124 valence electrons. The van der Waals surface area contributed by atoms with Gasteiger partial charge in [-0.15, -0.1) is 5.10 Å². The highest BCUT2D eigenvalue weighted by Gasteiger charge is 2.17. The summed E-state index contributed by atoms with van der Waals surface area (Å²) in [5.74, 6) is 0.933. The van der Waals surface area contributed by atoms with E-state index in [-0.39, 0.29) is 6.04 Å². The molecule has 0 bridgehead atoms. The van der Waals surface area contributed by atoms with E-state index in [1.54, 1.807) is 0 Å². The van der Waals surface area contributed by atoms with Gasteiger partial charge in [-0.25, -0.2) is 14.6 Å². The highest BCUT2D eigenvalue weighted by Crippen LogP contribution is 2.24. The van der Waals surface area contributed by atoms with Crippen LogP contribution in [0.5, 0.6) is 0 Å². The van der Waals surface area contributed by atoms with Gasteiger partial charge in [-0.3, -0.25) is 0 Å². The summed E-state index contributed by atoms with van der Waals surface area (Å²) < 4.78 is 1.83. The van der Waals surface area contributed by atoms with E-state index in [2.05, 4.69) is 39.3 Å². The van der Waals surface area contributed by atoms with Gasteiger partial charge in [0.15, 0.2) is 22.8 Å². The van der Waals surface area contributed by atoms with Gasteiger partial charge in [0.1, 0.15) is 0 Å². The summed E-state index contributed by atoms with van der Waals surface area (Å²) in [5.41, 5.74) is 9.45. The molecule has 0 radical (unpaired) electrons. The Labute approximate surface area is 145 Å². The van der Waals surface area contributed by atoms with Gasteiger partial charge in [0.05, 0.1) is 6.04 Å². The third kappa shape index (κ3) is 2.94. The predicted octanol–water partition coefficient (Wildman–Crippen LogP) is 3.27. The first-order chi connectivity index (χ1) is 12.2. The molecule has 1 unspecified atom stereocenters. The fourth-order valence-corrected chi connectivity index (χ4v) is 2.91. The van der Waals surface area contributed by atoms with Crippen molar-refractivity contribution in [3.05, 3.63) is 66.2 Å². The summed E-state index contributed by atoms with van der Waals surface area (Å²) in [6.45, 7) is 2.10. The molecule has 6 nitrogen and oxygen atoms in total. The number of hydrogen-bond acceptors (Lipinski definition) is 5. The van der Waals surface area contributed by atoms with Crippen LogP contribution in [0, 0.1) is 0 Å². The molecule has 2 aromatic carbocycles. The van der Waals surface area contributed by atoms with Gasteiger partial charge in [0, 0.05) is 5.56 Å². The zero-order valence-electron chi connectivity index (χ0n) is 13.9. The highest BCUT2D eigenvalue weighted by atomic mass is 15.5. The van der Waals surface area contributed by atoms with Crippen LogP contribution < -0.4 is 5.73 Å². The van der Waals surface area contributed by atoms with Crippen LogP contribution in [0.1, 0.15) is 18.5 Å². The molecule has 0 aliphatic carbocycles. The average molecular weight is 330 g/mol. The lowest BCUT2D eigenvalue weighted by atomic mass is 10.1. The van der Waals surface area contributed by atoms with E-state index in [0.717, 1.165) is 12.0 Å². The Morgan fingerprint density at radius 3 is 2.36 bits per heavy atom. The second-order valence-electron chi connectivity index (χ2n) is 6.04. The van der Waals surface area contributed by atoms with Gasteiger partial charge >= 0.3 is 0 Å². The van der Waals surface area contributed by atoms with Gasteiger partial charge in [-0.1, -0.05) is 65.9 Å². The van der Waals surface area contributed by atoms with Gasteiger partial charge < -0.3 is 5.73 Å². The summed E-state index contributed by atoms with van der Waals surface area (Å²) in [4.78, 5) is 9.05. The van der Waals surface area contributed by atoms with Gasteiger partial charge in [-0.05, 0) is 18.9 Å². The molecule has 6 heteroatoms. The van der Waals surface area contributed by atoms with E-state index in [1.807, 2.05) is 53.2 Å². The maximum atomic E-state index is 6.09. The molecule has 2 heterocycles. The van der Waals surface area contributed by atoms with Crippen LogP contribution in [0.25, 0.3) is 22.6 Å². The number of fused-ring (bicyclic) bond motifs is 1. The molecule has 25 heavy (non-hydrogen) atoms.